The molecule has 126 valence electrons. The zero-order valence-corrected chi connectivity index (χ0v) is 14.4. The van der Waals surface area contributed by atoms with Crippen LogP contribution in [0.5, 0.6) is 0 Å². The lowest BCUT2D eigenvalue weighted by Crippen LogP contribution is -2.32. The smallest absolute Gasteiger partial charge is 0.338 e. The third-order valence-corrected chi connectivity index (χ3v) is 4.66. The van der Waals surface area contributed by atoms with E-state index in [9.17, 15) is 13.2 Å². The highest BCUT2D eigenvalue weighted by Crippen LogP contribution is 2.36. The lowest BCUT2D eigenvalue weighted by atomic mass is 10.0. The maximum absolute atomic E-state index is 12.3. The summed E-state index contributed by atoms with van der Waals surface area (Å²) in [7, 11) is -3.30. The number of rotatable bonds is 5. The van der Waals surface area contributed by atoms with Crippen molar-refractivity contribution in [3.05, 3.63) is 59.2 Å². The Morgan fingerprint density at radius 3 is 2.62 bits per heavy atom. The first-order chi connectivity index (χ1) is 11.3. The van der Waals surface area contributed by atoms with E-state index in [2.05, 4.69) is 16.9 Å². The predicted octanol–water partition coefficient (Wildman–Crippen LogP) is 2.35. The van der Waals surface area contributed by atoms with Crippen LogP contribution in [0, 0.1) is 0 Å². The van der Waals surface area contributed by atoms with E-state index in [-0.39, 0.29) is 6.54 Å². The topological polar surface area (TPSA) is 72.5 Å². The molecule has 0 bridgehead atoms. The summed E-state index contributed by atoms with van der Waals surface area (Å²) in [4.78, 5) is 12.3. The van der Waals surface area contributed by atoms with Crippen LogP contribution < -0.4 is 4.72 Å². The van der Waals surface area contributed by atoms with Crippen molar-refractivity contribution in [2.24, 2.45) is 0 Å². The third kappa shape index (κ3) is 3.66. The monoisotopic (exact) mass is 345 g/mol. The second-order valence-corrected chi connectivity index (χ2v) is 7.88. The van der Waals surface area contributed by atoms with E-state index in [0.29, 0.717) is 5.56 Å². The largest absolute Gasteiger partial charge is 0.458 e. The van der Waals surface area contributed by atoms with E-state index in [4.69, 9.17) is 4.74 Å². The van der Waals surface area contributed by atoms with E-state index in [0.717, 1.165) is 23.8 Å². The molecule has 0 radical (unpaired) electrons. The van der Waals surface area contributed by atoms with E-state index in [1.807, 2.05) is 24.3 Å². The summed E-state index contributed by atoms with van der Waals surface area (Å²) >= 11 is 0. The molecule has 0 amide bonds. The molecule has 2 aromatic carbocycles. The minimum Gasteiger partial charge on any atom is -0.458 e. The molecule has 0 aromatic heterocycles. The lowest BCUT2D eigenvalue weighted by Gasteiger charge is -2.14. The van der Waals surface area contributed by atoms with Crippen molar-refractivity contribution in [1.82, 2.24) is 4.72 Å². The summed E-state index contributed by atoms with van der Waals surface area (Å²) in [6.07, 6.45) is 1.33. The molecular formula is C18H19NO4S. The Labute approximate surface area is 141 Å². The van der Waals surface area contributed by atoms with Gasteiger partial charge in [-0.2, -0.15) is 0 Å². The van der Waals surface area contributed by atoms with Gasteiger partial charge >= 0.3 is 5.97 Å². The Bertz CT molecular complexity index is 890. The number of ether oxygens (including phenoxy) is 1. The van der Waals surface area contributed by atoms with Gasteiger partial charge in [-0.3, -0.25) is 0 Å². The zero-order chi connectivity index (χ0) is 17.3. The molecular weight excluding hydrogens is 326 g/mol. The van der Waals surface area contributed by atoms with Gasteiger partial charge < -0.3 is 4.74 Å². The molecule has 0 aliphatic heterocycles. The quantitative estimate of drug-likeness (QED) is 0.721. The number of esters is 1. The van der Waals surface area contributed by atoms with Crippen LogP contribution in [0.1, 0.15) is 28.4 Å². The standard InChI is InChI=1S/C18H19NO4S/c1-12(11-19-24(2,21)22)23-18(20)14-7-8-17-15(10-14)9-13-5-3-4-6-16(13)17/h3-8,10,12,19H,9,11H2,1-2H3/t12-/m0/s1. The number of hydrogen-bond donors (Lipinski definition) is 1. The van der Waals surface area contributed by atoms with Crippen molar-refractivity contribution in [3.63, 3.8) is 0 Å². The molecule has 6 heteroatoms. The highest BCUT2D eigenvalue weighted by atomic mass is 32.2. The first kappa shape index (κ1) is 16.7. The number of nitrogens with one attached hydrogen (secondary N) is 1. The Hall–Kier alpha value is -2.18. The van der Waals surface area contributed by atoms with Crippen molar-refractivity contribution < 1.29 is 17.9 Å². The van der Waals surface area contributed by atoms with Crippen molar-refractivity contribution in [2.75, 3.05) is 12.8 Å². The molecule has 5 nitrogen and oxygen atoms in total. The van der Waals surface area contributed by atoms with Gasteiger partial charge in [0.2, 0.25) is 10.0 Å². The number of hydrogen-bond acceptors (Lipinski definition) is 4. The molecule has 0 spiro atoms. The van der Waals surface area contributed by atoms with Crippen LogP contribution in [0.15, 0.2) is 42.5 Å². The van der Waals surface area contributed by atoms with E-state index >= 15 is 0 Å². The van der Waals surface area contributed by atoms with Gasteiger partial charge in [0.1, 0.15) is 6.10 Å². The van der Waals surface area contributed by atoms with Crippen LogP contribution in [-0.4, -0.2) is 33.3 Å². The maximum atomic E-state index is 12.3. The van der Waals surface area contributed by atoms with E-state index < -0.39 is 22.1 Å². The van der Waals surface area contributed by atoms with E-state index in [1.54, 1.807) is 13.0 Å². The highest BCUT2D eigenvalue weighted by molar-refractivity contribution is 7.88. The minimum atomic E-state index is -3.30. The molecule has 1 aliphatic carbocycles. The van der Waals surface area contributed by atoms with Crippen molar-refractivity contribution in [2.45, 2.75) is 19.4 Å². The molecule has 1 N–H and O–H groups in total. The van der Waals surface area contributed by atoms with Crippen LogP contribution in [0.25, 0.3) is 11.1 Å². The van der Waals surface area contributed by atoms with Crippen molar-refractivity contribution in [1.29, 1.82) is 0 Å². The fourth-order valence-corrected chi connectivity index (χ4v) is 3.37. The summed E-state index contributed by atoms with van der Waals surface area (Å²) in [6, 6.07) is 13.7. The fraction of sp³-hybridized carbons (Fsp3) is 0.278. The average Bonchev–Trinajstić information content (AvgIpc) is 2.90. The summed E-state index contributed by atoms with van der Waals surface area (Å²) in [5, 5.41) is 0. The molecule has 1 atom stereocenters. The number of carbonyl (C=O) groups is 1. The van der Waals surface area contributed by atoms with Crippen LogP contribution in [0.2, 0.25) is 0 Å². The summed E-state index contributed by atoms with van der Waals surface area (Å²) in [5.74, 6) is -0.448. The number of fused-ring (bicyclic) bond motifs is 3. The van der Waals surface area contributed by atoms with Crippen LogP contribution in [0.3, 0.4) is 0 Å². The number of carbonyl (C=O) groups excluding carboxylic acids is 1. The van der Waals surface area contributed by atoms with Gasteiger partial charge in [-0.15, -0.1) is 0 Å². The van der Waals surface area contributed by atoms with Crippen molar-refractivity contribution >= 4 is 16.0 Å². The van der Waals surface area contributed by atoms with Crippen LogP contribution in [0.4, 0.5) is 0 Å². The third-order valence-electron chi connectivity index (χ3n) is 3.97. The summed E-state index contributed by atoms with van der Waals surface area (Å²) < 4.78 is 29.8. The first-order valence-electron chi connectivity index (χ1n) is 7.70. The van der Waals surface area contributed by atoms with Gasteiger partial charge in [0.25, 0.3) is 0 Å². The Balaban J connectivity index is 1.70. The first-order valence-corrected chi connectivity index (χ1v) is 9.59. The second-order valence-electron chi connectivity index (χ2n) is 6.04. The molecule has 0 saturated carbocycles. The van der Waals surface area contributed by atoms with Gasteiger partial charge in [0, 0.05) is 6.54 Å². The predicted molar refractivity (Wildman–Crippen MR) is 92.4 cm³/mol. The molecule has 3 rings (SSSR count). The van der Waals surface area contributed by atoms with Gasteiger partial charge in [-0.25, -0.2) is 17.9 Å². The molecule has 0 fully saturated rings. The molecule has 0 heterocycles. The molecule has 2 aromatic rings. The minimum absolute atomic E-state index is 0.0565. The van der Waals surface area contributed by atoms with Gasteiger partial charge in [0.15, 0.2) is 0 Å². The van der Waals surface area contributed by atoms with Gasteiger partial charge in [-0.1, -0.05) is 30.3 Å². The maximum Gasteiger partial charge on any atom is 0.338 e. The van der Waals surface area contributed by atoms with Gasteiger partial charge in [-0.05, 0) is 47.7 Å². The Morgan fingerprint density at radius 1 is 1.17 bits per heavy atom. The van der Waals surface area contributed by atoms with Gasteiger partial charge in [0.05, 0.1) is 11.8 Å². The summed E-state index contributed by atoms with van der Waals surface area (Å²) in [6.45, 7) is 1.71. The SMILES string of the molecule is C[C@@H](CNS(C)(=O)=O)OC(=O)c1ccc2c(c1)Cc1ccccc1-2. The second kappa shape index (κ2) is 6.37. The molecule has 0 unspecified atom stereocenters. The van der Waals surface area contributed by atoms with Crippen molar-refractivity contribution in [3.8, 4) is 11.1 Å². The highest BCUT2D eigenvalue weighted by Gasteiger charge is 2.20. The summed E-state index contributed by atoms with van der Waals surface area (Å²) in [5.41, 5.74) is 5.19. The lowest BCUT2D eigenvalue weighted by molar-refractivity contribution is 0.0352. The Kier molecular flexibility index (Phi) is 4.43. The van der Waals surface area contributed by atoms with E-state index in [1.165, 1.54) is 11.1 Å². The molecule has 1 aliphatic rings. The van der Waals surface area contributed by atoms with Crippen LogP contribution in [-0.2, 0) is 21.2 Å². The number of sulfonamides is 1. The fourth-order valence-electron chi connectivity index (χ4n) is 2.83. The Morgan fingerprint density at radius 2 is 1.88 bits per heavy atom. The molecule has 0 saturated heterocycles. The molecule has 24 heavy (non-hydrogen) atoms. The normalized spacial score (nSPS) is 13.9. The van der Waals surface area contributed by atoms with Crippen LogP contribution >= 0.6 is 0 Å². The zero-order valence-electron chi connectivity index (χ0n) is 13.6. The number of benzene rings is 2. The average molecular weight is 345 g/mol.